The summed E-state index contributed by atoms with van der Waals surface area (Å²) in [5, 5.41) is 2.97. The summed E-state index contributed by atoms with van der Waals surface area (Å²) in [5.74, 6) is 0.802. The molecule has 1 N–H and O–H groups in total. The standard InChI is InChI=1S/C15H15NO3/c17-15(12-7-8-18-9-12)16-13-6-5-11-3-1-2-4-14(11)19-10-13/h1-4,7-9,13H,5-6,10H2,(H,16,17). The van der Waals surface area contributed by atoms with Gasteiger partial charge in [-0.25, -0.2) is 0 Å². The van der Waals surface area contributed by atoms with Crippen molar-refractivity contribution in [2.75, 3.05) is 6.61 Å². The van der Waals surface area contributed by atoms with Crippen molar-refractivity contribution < 1.29 is 13.9 Å². The number of para-hydroxylation sites is 1. The number of aryl methyl sites for hydroxylation is 1. The van der Waals surface area contributed by atoms with E-state index in [9.17, 15) is 4.79 Å². The minimum atomic E-state index is -0.117. The van der Waals surface area contributed by atoms with E-state index in [-0.39, 0.29) is 11.9 Å². The Morgan fingerprint density at radius 1 is 1.26 bits per heavy atom. The first-order chi connectivity index (χ1) is 9.33. The number of nitrogens with one attached hydrogen (secondary N) is 1. The fourth-order valence-corrected chi connectivity index (χ4v) is 2.23. The van der Waals surface area contributed by atoms with Gasteiger partial charge >= 0.3 is 0 Å². The Kier molecular flexibility index (Phi) is 3.23. The van der Waals surface area contributed by atoms with Gasteiger partial charge in [0.1, 0.15) is 18.6 Å². The Hall–Kier alpha value is -2.23. The van der Waals surface area contributed by atoms with Gasteiger partial charge in [0.25, 0.3) is 5.91 Å². The van der Waals surface area contributed by atoms with Crippen LogP contribution in [0.5, 0.6) is 5.75 Å². The van der Waals surface area contributed by atoms with Gasteiger partial charge in [-0.05, 0) is 30.5 Å². The first kappa shape index (κ1) is 11.8. The normalized spacial score (nSPS) is 18.0. The summed E-state index contributed by atoms with van der Waals surface area (Å²) in [6, 6.07) is 9.68. The average Bonchev–Trinajstić information content (AvgIpc) is 2.90. The molecule has 0 saturated heterocycles. The second-order valence-electron chi connectivity index (χ2n) is 4.64. The molecule has 4 nitrogen and oxygen atoms in total. The van der Waals surface area contributed by atoms with Crippen LogP contribution >= 0.6 is 0 Å². The molecule has 0 spiro atoms. The second kappa shape index (κ2) is 5.18. The molecule has 2 aromatic rings. The summed E-state index contributed by atoms with van der Waals surface area (Å²) in [7, 11) is 0. The number of hydrogen-bond acceptors (Lipinski definition) is 3. The SMILES string of the molecule is O=C(NC1CCc2ccccc2OC1)c1ccoc1. The molecule has 1 aromatic heterocycles. The molecular formula is C15H15NO3. The van der Waals surface area contributed by atoms with E-state index in [0.717, 1.165) is 18.6 Å². The molecule has 4 heteroatoms. The van der Waals surface area contributed by atoms with Crippen molar-refractivity contribution in [1.82, 2.24) is 5.32 Å². The molecule has 1 atom stereocenters. The molecule has 1 aliphatic heterocycles. The molecule has 98 valence electrons. The summed E-state index contributed by atoms with van der Waals surface area (Å²) in [4.78, 5) is 11.9. The van der Waals surface area contributed by atoms with E-state index in [4.69, 9.17) is 9.15 Å². The van der Waals surface area contributed by atoms with Crippen LogP contribution in [0, 0.1) is 0 Å². The molecule has 1 amide bonds. The lowest BCUT2D eigenvalue weighted by atomic mass is 10.1. The number of carbonyl (C=O) groups is 1. The molecule has 0 bridgehead atoms. The molecule has 0 fully saturated rings. The molecule has 0 radical (unpaired) electrons. The molecule has 0 saturated carbocycles. The van der Waals surface area contributed by atoms with Crippen LogP contribution in [0.4, 0.5) is 0 Å². The van der Waals surface area contributed by atoms with Crippen LogP contribution in [0.25, 0.3) is 0 Å². The predicted molar refractivity (Wildman–Crippen MR) is 70.2 cm³/mol. The van der Waals surface area contributed by atoms with Gasteiger partial charge in [0.2, 0.25) is 0 Å². The minimum absolute atomic E-state index is 0.0230. The topological polar surface area (TPSA) is 51.5 Å². The lowest BCUT2D eigenvalue weighted by Crippen LogP contribution is -2.38. The predicted octanol–water partition coefficient (Wildman–Crippen LogP) is 2.40. The Labute approximate surface area is 111 Å². The number of hydrogen-bond donors (Lipinski definition) is 1. The number of furan rings is 1. The fraction of sp³-hybridized carbons (Fsp3) is 0.267. The molecule has 3 rings (SSSR count). The van der Waals surface area contributed by atoms with E-state index in [1.54, 1.807) is 6.07 Å². The maximum absolute atomic E-state index is 11.9. The lowest BCUT2D eigenvalue weighted by Gasteiger charge is -2.15. The van der Waals surface area contributed by atoms with Gasteiger partial charge < -0.3 is 14.5 Å². The van der Waals surface area contributed by atoms with Crippen LogP contribution in [-0.2, 0) is 6.42 Å². The van der Waals surface area contributed by atoms with Crippen molar-refractivity contribution in [1.29, 1.82) is 0 Å². The lowest BCUT2D eigenvalue weighted by molar-refractivity contribution is 0.0920. The number of fused-ring (bicyclic) bond motifs is 1. The van der Waals surface area contributed by atoms with Gasteiger partial charge in [-0.1, -0.05) is 18.2 Å². The van der Waals surface area contributed by atoms with Gasteiger partial charge in [-0.2, -0.15) is 0 Å². The number of ether oxygens (including phenoxy) is 1. The summed E-state index contributed by atoms with van der Waals surface area (Å²) < 4.78 is 10.6. The second-order valence-corrected chi connectivity index (χ2v) is 4.64. The summed E-state index contributed by atoms with van der Waals surface area (Å²) in [6.45, 7) is 0.501. The third-order valence-electron chi connectivity index (χ3n) is 3.29. The maximum Gasteiger partial charge on any atom is 0.254 e. The van der Waals surface area contributed by atoms with E-state index >= 15 is 0 Å². The highest BCUT2D eigenvalue weighted by Crippen LogP contribution is 2.23. The first-order valence-electron chi connectivity index (χ1n) is 6.37. The monoisotopic (exact) mass is 257 g/mol. The van der Waals surface area contributed by atoms with Crippen LogP contribution in [0.2, 0.25) is 0 Å². The molecule has 19 heavy (non-hydrogen) atoms. The van der Waals surface area contributed by atoms with E-state index in [2.05, 4.69) is 11.4 Å². The number of rotatable bonds is 2. The highest BCUT2D eigenvalue weighted by atomic mass is 16.5. The first-order valence-corrected chi connectivity index (χ1v) is 6.37. The Morgan fingerprint density at radius 2 is 2.16 bits per heavy atom. The highest BCUT2D eigenvalue weighted by Gasteiger charge is 2.19. The Balaban J connectivity index is 1.64. The molecule has 0 aliphatic carbocycles. The van der Waals surface area contributed by atoms with Crippen LogP contribution in [-0.4, -0.2) is 18.6 Å². The van der Waals surface area contributed by atoms with Gasteiger partial charge in [0.15, 0.2) is 0 Å². The van der Waals surface area contributed by atoms with E-state index in [1.165, 1.54) is 18.1 Å². The van der Waals surface area contributed by atoms with Gasteiger partial charge in [-0.3, -0.25) is 4.79 Å². The third-order valence-corrected chi connectivity index (χ3v) is 3.29. The van der Waals surface area contributed by atoms with Gasteiger partial charge in [-0.15, -0.1) is 0 Å². The van der Waals surface area contributed by atoms with Crippen molar-refractivity contribution in [3.05, 3.63) is 54.0 Å². The number of benzene rings is 1. The zero-order valence-electron chi connectivity index (χ0n) is 10.5. The van der Waals surface area contributed by atoms with E-state index in [1.807, 2.05) is 18.2 Å². The quantitative estimate of drug-likeness (QED) is 0.898. The molecule has 1 unspecified atom stereocenters. The van der Waals surface area contributed by atoms with Crippen LogP contribution in [0.15, 0.2) is 47.3 Å². The fourth-order valence-electron chi connectivity index (χ4n) is 2.23. The summed E-state index contributed by atoms with van der Waals surface area (Å²) >= 11 is 0. The highest BCUT2D eigenvalue weighted by molar-refractivity contribution is 5.93. The molecule has 2 heterocycles. The van der Waals surface area contributed by atoms with E-state index < -0.39 is 0 Å². The average molecular weight is 257 g/mol. The van der Waals surface area contributed by atoms with Gasteiger partial charge in [0.05, 0.1) is 17.9 Å². The zero-order chi connectivity index (χ0) is 13.1. The number of carbonyl (C=O) groups excluding carboxylic acids is 1. The Morgan fingerprint density at radius 3 is 3.00 bits per heavy atom. The molecule has 1 aliphatic rings. The van der Waals surface area contributed by atoms with Crippen LogP contribution in [0.1, 0.15) is 22.3 Å². The van der Waals surface area contributed by atoms with E-state index in [0.29, 0.717) is 12.2 Å². The van der Waals surface area contributed by atoms with Crippen molar-refractivity contribution in [3.63, 3.8) is 0 Å². The van der Waals surface area contributed by atoms with Crippen molar-refractivity contribution in [2.24, 2.45) is 0 Å². The van der Waals surface area contributed by atoms with Crippen molar-refractivity contribution in [2.45, 2.75) is 18.9 Å². The largest absolute Gasteiger partial charge is 0.491 e. The van der Waals surface area contributed by atoms with Crippen molar-refractivity contribution in [3.8, 4) is 5.75 Å². The summed E-state index contributed by atoms with van der Waals surface area (Å²) in [6.07, 6.45) is 4.73. The van der Waals surface area contributed by atoms with Gasteiger partial charge in [0, 0.05) is 0 Å². The third kappa shape index (κ3) is 2.62. The summed E-state index contributed by atoms with van der Waals surface area (Å²) in [5.41, 5.74) is 1.74. The maximum atomic E-state index is 11.9. The number of amides is 1. The Bertz CT molecular complexity index is 536. The van der Waals surface area contributed by atoms with Crippen LogP contribution in [0.3, 0.4) is 0 Å². The molecular weight excluding hydrogens is 242 g/mol. The zero-order valence-corrected chi connectivity index (χ0v) is 10.5. The molecule has 1 aromatic carbocycles. The van der Waals surface area contributed by atoms with Crippen LogP contribution < -0.4 is 10.1 Å². The van der Waals surface area contributed by atoms with Crippen molar-refractivity contribution >= 4 is 5.91 Å². The minimum Gasteiger partial charge on any atom is -0.491 e. The smallest absolute Gasteiger partial charge is 0.254 e.